The molecule has 1 aromatic heterocycles. The number of aryl methyl sites for hydroxylation is 1. The lowest BCUT2D eigenvalue weighted by Crippen LogP contribution is -2.36. The first-order chi connectivity index (χ1) is 8.91. The van der Waals surface area contributed by atoms with Gasteiger partial charge in [0, 0.05) is 9.77 Å². The van der Waals surface area contributed by atoms with Crippen molar-refractivity contribution in [2.75, 3.05) is 0 Å². The zero-order valence-electron chi connectivity index (χ0n) is 10.4. The predicted molar refractivity (Wildman–Crippen MR) is 80.1 cm³/mol. The fourth-order valence-corrected chi connectivity index (χ4v) is 2.18. The quantitative estimate of drug-likeness (QED) is 0.646. The minimum atomic E-state index is -0.601. The molecule has 0 amide bonds. The topological polar surface area (TPSA) is 71.9 Å². The third-order valence-corrected chi connectivity index (χ3v) is 3.93. The highest BCUT2D eigenvalue weighted by Gasteiger charge is 2.12. The minimum Gasteiger partial charge on any atom is -0.313 e. The number of nitrogens with zero attached hydrogens (tertiary/aromatic N) is 1. The fraction of sp³-hybridized carbons (Fsp3) is 0.154. The van der Waals surface area contributed by atoms with Gasteiger partial charge in [-0.15, -0.1) is 0 Å². The van der Waals surface area contributed by atoms with Crippen LogP contribution in [0.1, 0.15) is 22.8 Å². The largest absolute Gasteiger partial charge is 0.333 e. The smallest absolute Gasteiger partial charge is 0.313 e. The molecule has 6 heteroatoms. The van der Waals surface area contributed by atoms with Crippen molar-refractivity contribution in [1.29, 1.82) is 0 Å². The van der Waals surface area contributed by atoms with Crippen molar-refractivity contribution >= 4 is 28.4 Å². The van der Waals surface area contributed by atoms with E-state index in [0.717, 1.165) is 19.9 Å². The van der Waals surface area contributed by atoms with Crippen LogP contribution < -0.4 is 11.2 Å². The van der Waals surface area contributed by atoms with Crippen LogP contribution in [0.3, 0.4) is 0 Å². The first-order valence-corrected chi connectivity index (χ1v) is 6.62. The molecule has 5 nitrogen and oxygen atoms in total. The highest BCUT2D eigenvalue weighted by molar-refractivity contribution is 14.1. The van der Waals surface area contributed by atoms with Gasteiger partial charge in [0.25, 0.3) is 5.56 Å². The lowest BCUT2D eigenvalue weighted by Gasteiger charge is -2.07. The van der Waals surface area contributed by atoms with Crippen molar-refractivity contribution in [2.24, 2.45) is 0 Å². The lowest BCUT2D eigenvalue weighted by molar-refractivity contribution is 0.101. The summed E-state index contributed by atoms with van der Waals surface area (Å²) in [6.07, 6.45) is 1.16. The van der Waals surface area contributed by atoms with Crippen LogP contribution in [0.4, 0.5) is 0 Å². The summed E-state index contributed by atoms with van der Waals surface area (Å²) in [7, 11) is 0. The molecule has 0 aliphatic carbocycles. The first-order valence-electron chi connectivity index (χ1n) is 5.54. The molecule has 2 rings (SSSR count). The van der Waals surface area contributed by atoms with Crippen LogP contribution >= 0.6 is 22.6 Å². The second-order valence-corrected chi connectivity index (χ2v) is 5.30. The maximum atomic E-state index is 12.1. The zero-order valence-corrected chi connectivity index (χ0v) is 12.5. The molecule has 1 N–H and O–H groups in total. The Morgan fingerprint density at radius 3 is 2.58 bits per heavy atom. The average Bonchev–Trinajstić information content (AvgIpc) is 2.33. The van der Waals surface area contributed by atoms with Gasteiger partial charge in [-0.1, -0.05) is 6.07 Å². The van der Waals surface area contributed by atoms with Gasteiger partial charge in [-0.2, -0.15) is 0 Å². The summed E-state index contributed by atoms with van der Waals surface area (Å²) in [5, 5.41) is 0. The van der Waals surface area contributed by atoms with Crippen molar-refractivity contribution in [3.05, 3.63) is 59.9 Å². The van der Waals surface area contributed by atoms with E-state index in [1.807, 2.05) is 13.0 Å². The Kier molecular flexibility index (Phi) is 3.70. The Bertz CT molecular complexity index is 774. The number of rotatable bonds is 2. The molecule has 0 saturated carbocycles. The molecule has 0 bridgehead atoms. The monoisotopic (exact) mass is 370 g/mol. The molecule has 1 aromatic carbocycles. The van der Waals surface area contributed by atoms with E-state index in [9.17, 15) is 14.4 Å². The van der Waals surface area contributed by atoms with Gasteiger partial charge in [-0.3, -0.25) is 9.59 Å². The van der Waals surface area contributed by atoms with Gasteiger partial charge in [0.05, 0.1) is 11.3 Å². The summed E-state index contributed by atoms with van der Waals surface area (Å²) >= 11 is 2.13. The van der Waals surface area contributed by atoms with Gasteiger partial charge in [0.2, 0.25) is 0 Å². The maximum absolute atomic E-state index is 12.1. The second-order valence-electron chi connectivity index (χ2n) is 4.14. The number of benzene rings is 1. The van der Waals surface area contributed by atoms with E-state index >= 15 is 0 Å². The highest BCUT2D eigenvalue weighted by Crippen LogP contribution is 2.14. The summed E-state index contributed by atoms with van der Waals surface area (Å²) in [4.78, 5) is 37.7. The van der Waals surface area contributed by atoms with Crippen molar-refractivity contribution < 1.29 is 4.79 Å². The molecule has 1 heterocycles. The first kappa shape index (κ1) is 13.7. The van der Waals surface area contributed by atoms with Crippen LogP contribution in [0.15, 0.2) is 34.0 Å². The van der Waals surface area contributed by atoms with Gasteiger partial charge in [-0.25, -0.2) is 9.36 Å². The van der Waals surface area contributed by atoms with Crippen molar-refractivity contribution in [3.8, 4) is 5.69 Å². The third kappa shape index (κ3) is 2.53. The molecular formula is C13H11IN2O3. The molecule has 2 aromatic rings. The van der Waals surface area contributed by atoms with E-state index < -0.39 is 11.2 Å². The van der Waals surface area contributed by atoms with Crippen LogP contribution in [0.25, 0.3) is 5.69 Å². The van der Waals surface area contributed by atoms with Crippen LogP contribution in [-0.2, 0) is 0 Å². The van der Waals surface area contributed by atoms with E-state index in [0.29, 0.717) is 5.69 Å². The predicted octanol–water partition coefficient (Wildman–Crippen LogP) is 1.64. The number of aromatic amines is 1. The molecule has 0 aliphatic heterocycles. The Morgan fingerprint density at radius 1 is 1.32 bits per heavy atom. The fourth-order valence-electron chi connectivity index (χ4n) is 1.68. The summed E-state index contributed by atoms with van der Waals surface area (Å²) < 4.78 is 1.91. The summed E-state index contributed by atoms with van der Waals surface area (Å²) in [5.74, 6) is -0.378. The molecule has 19 heavy (non-hydrogen) atoms. The molecule has 0 fully saturated rings. The van der Waals surface area contributed by atoms with Crippen molar-refractivity contribution in [1.82, 2.24) is 9.55 Å². The standard InChI is InChI=1S/C13H11IN2O3/c1-7-3-4-9(5-11(7)14)16-12(18)10(8(2)17)6-15-13(16)19/h3-6H,1-2H3,(H,15,19). The molecule has 0 saturated heterocycles. The summed E-state index contributed by atoms with van der Waals surface area (Å²) in [6.45, 7) is 3.23. The van der Waals surface area contributed by atoms with Gasteiger partial charge >= 0.3 is 5.69 Å². The van der Waals surface area contributed by atoms with E-state index in [4.69, 9.17) is 0 Å². The van der Waals surface area contributed by atoms with Gasteiger partial charge in [0.15, 0.2) is 5.78 Å². The molecule has 98 valence electrons. The van der Waals surface area contributed by atoms with Crippen LogP contribution in [-0.4, -0.2) is 15.3 Å². The molecular weight excluding hydrogens is 359 g/mol. The number of halogens is 1. The highest BCUT2D eigenvalue weighted by atomic mass is 127. The van der Waals surface area contributed by atoms with Crippen molar-refractivity contribution in [3.63, 3.8) is 0 Å². The number of hydrogen-bond donors (Lipinski definition) is 1. The number of nitrogens with one attached hydrogen (secondary N) is 1. The molecule has 0 unspecified atom stereocenters. The summed E-state index contributed by atoms with van der Waals surface area (Å²) in [6, 6.07) is 5.23. The number of hydrogen-bond acceptors (Lipinski definition) is 3. The number of carbonyl (C=O) groups excluding carboxylic acids is 1. The Morgan fingerprint density at radius 2 is 2.00 bits per heavy atom. The van der Waals surface area contributed by atoms with Crippen LogP contribution in [0.2, 0.25) is 0 Å². The van der Waals surface area contributed by atoms with E-state index in [1.54, 1.807) is 12.1 Å². The van der Waals surface area contributed by atoms with Gasteiger partial charge in [-0.05, 0) is 54.1 Å². The Hall–Kier alpha value is -1.70. The number of Topliss-reactive ketones (excluding diaryl/α,β-unsaturated/α-hetero) is 1. The maximum Gasteiger partial charge on any atom is 0.333 e. The molecule has 0 radical (unpaired) electrons. The molecule has 0 spiro atoms. The molecule has 0 atom stereocenters. The van der Waals surface area contributed by atoms with Gasteiger partial charge < -0.3 is 4.98 Å². The Labute approximate surface area is 122 Å². The number of H-pyrrole nitrogens is 1. The zero-order chi connectivity index (χ0) is 14.2. The van der Waals surface area contributed by atoms with E-state index in [-0.39, 0.29) is 11.3 Å². The summed E-state index contributed by atoms with van der Waals surface area (Å²) in [5.41, 5.74) is 0.307. The van der Waals surface area contributed by atoms with E-state index in [1.165, 1.54) is 6.92 Å². The average molecular weight is 370 g/mol. The van der Waals surface area contributed by atoms with Gasteiger partial charge in [0.1, 0.15) is 0 Å². The van der Waals surface area contributed by atoms with Crippen LogP contribution in [0, 0.1) is 10.5 Å². The SMILES string of the molecule is CC(=O)c1c[nH]c(=O)n(-c2ccc(C)c(I)c2)c1=O. The number of aromatic nitrogens is 2. The number of carbonyl (C=O) groups is 1. The Balaban J connectivity index is 2.78. The van der Waals surface area contributed by atoms with E-state index in [2.05, 4.69) is 27.6 Å². The molecule has 0 aliphatic rings. The minimum absolute atomic E-state index is 0.0322. The van der Waals surface area contributed by atoms with Crippen molar-refractivity contribution in [2.45, 2.75) is 13.8 Å². The normalized spacial score (nSPS) is 10.5. The second kappa shape index (κ2) is 5.12. The third-order valence-electron chi connectivity index (χ3n) is 2.77. The lowest BCUT2D eigenvalue weighted by atomic mass is 10.2. The van der Waals surface area contributed by atoms with Crippen LogP contribution in [0.5, 0.6) is 0 Å². The number of ketones is 1.